The molecule has 0 bridgehead atoms. The third-order valence-corrected chi connectivity index (χ3v) is 7.69. The minimum absolute atomic E-state index is 0.0368. The van der Waals surface area contributed by atoms with E-state index >= 15 is 0 Å². The van der Waals surface area contributed by atoms with Crippen molar-refractivity contribution in [2.24, 2.45) is 29.1 Å². The molecule has 3 fully saturated rings. The zero-order valence-electron chi connectivity index (χ0n) is 15.6. The molecule has 3 aliphatic rings. The van der Waals surface area contributed by atoms with Crippen LogP contribution in [0.4, 0.5) is 4.39 Å². The molecule has 128 valence electrons. The van der Waals surface area contributed by atoms with Crippen molar-refractivity contribution in [3.63, 3.8) is 0 Å². The molecule has 5 unspecified atom stereocenters. The van der Waals surface area contributed by atoms with Gasteiger partial charge < -0.3 is 0 Å². The van der Waals surface area contributed by atoms with Crippen LogP contribution in [-0.2, 0) is 0 Å². The van der Waals surface area contributed by atoms with Crippen molar-refractivity contribution in [1.29, 1.82) is 0 Å². The van der Waals surface area contributed by atoms with Gasteiger partial charge in [0.25, 0.3) is 0 Å². The van der Waals surface area contributed by atoms with Crippen LogP contribution in [0.25, 0.3) is 0 Å². The largest absolute Gasteiger partial charge is 0.212 e. The first-order valence-electron chi connectivity index (χ1n) is 9.58. The van der Waals surface area contributed by atoms with Gasteiger partial charge in [-0.1, -0.05) is 26.0 Å². The van der Waals surface area contributed by atoms with Gasteiger partial charge in [-0.3, -0.25) is 0 Å². The molecule has 1 heteroatoms. The summed E-state index contributed by atoms with van der Waals surface area (Å²) in [5.74, 6) is 3.20. The smallest absolute Gasteiger partial charge is 0.0997 e. The number of hydrogen-bond donors (Lipinski definition) is 0. The van der Waals surface area contributed by atoms with E-state index < -0.39 is 0 Å². The first-order valence-corrected chi connectivity index (χ1v) is 9.58. The molecule has 0 aliphatic heterocycles. The van der Waals surface area contributed by atoms with Gasteiger partial charge in [0.1, 0.15) is 0 Å². The lowest BCUT2D eigenvalue weighted by molar-refractivity contribution is 0.0201. The lowest BCUT2D eigenvalue weighted by Gasteiger charge is -2.51. The average molecular weight is 317 g/mol. The van der Waals surface area contributed by atoms with Gasteiger partial charge in [0.2, 0.25) is 0 Å². The molecule has 0 nitrogen and oxygen atoms in total. The molecule has 0 radical (unpaired) electrons. The van der Waals surface area contributed by atoms with Gasteiger partial charge in [-0.05, 0) is 105 Å². The quantitative estimate of drug-likeness (QED) is 0.489. The van der Waals surface area contributed by atoms with Crippen molar-refractivity contribution in [2.75, 3.05) is 0 Å². The summed E-state index contributed by atoms with van der Waals surface area (Å²) in [5, 5.41) is 0. The number of rotatable bonds is 1. The first kappa shape index (κ1) is 17.0. The maximum absolute atomic E-state index is 13.6. The van der Waals surface area contributed by atoms with E-state index in [2.05, 4.69) is 32.9 Å². The van der Waals surface area contributed by atoms with Gasteiger partial charge in [0.05, 0.1) is 5.83 Å². The van der Waals surface area contributed by atoms with Crippen LogP contribution < -0.4 is 0 Å². The van der Waals surface area contributed by atoms with E-state index in [-0.39, 0.29) is 5.83 Å². The monoisotopic (exact) mass is 316 g/mol. The maximum Gasteiger partial charge on any atom is 0.0997 e. The highest BCUT2D eigenvalue weighted by atomic mass is 19.1. The first-order chi connectivity index (χ1) is 10.9. The van der Waals surface area contributed by atoms with Crippen molar-refractivity contribution in [3.05, 3.63) is 34.7 Å². The summed E-state index contributed by atoms with van der Waals surface area (Å²) in [7, 11) is 0. The van der Waals surface area contributed by atoms with Crippen LogP contribution in [0, 0.1) is 29.1 Å². The number of halogens is 1. The number of fused-ring (bicyclic) bond motifs is 3. The van der Waals surface area contributed by atoms with Crippen LogP contribution in [0.1, 0.15) is 73.1 Å². The predicted molar refractivity (Wildman–Crippen MR) is 96.8 cm³/mol. The number of allylic oxidation sites excluding steroid dienone is 6. The molecule has 0 amide bonds. The summed E-state index contributed by atoms with van der Waals surface area (Å²) in [4.78, 5) is 0. The highest BCUT2D eigenvalue weighted by Crippen LogP contribution is 2.62. The third-order valence-electron chi connectivity index (χ3n) is 7.69. The molecule has 3 saturated carbocycles. The van der Waals surface area contributed by atoms with Crippen LogP contribution in [0.2, 0.25) is 0 Å². The standard InChI is InChI=1S/C22H33F/c1-6-17-8-9-19-18(20(17)13-14(2)16(4)23)11-12-22(5)15(3)7-10-21(19)22/h6,13,15,18-19,21H,7-12H2,1-5H3/b16-14+,17-6-,20-13+. The molecule has 5 atom stereocenters. The Bertz CT molecular complexity index is 561. The highest BCUT2D eigenvalue weighted by molar-refractivity contribution is 5.41. The Morgan fingerprint density at radius 3 is 2.57 bits per heavy atom. The van der Waals surface area contributed by atoms with Gasteiger partial charge in [0, 0.05) is 0 Å². The SMILES string of the molecule is C/C=C1/CCC2C(CCC3(C)C(C)CCC23)/C1=C/C(C)=C(\C)F. The van der Waals surface area contributed by atoms with Crippen molar-refractivity contribution < 1.29 is 4.39 Å². The zero-order chi connectivity index (χ0) is 16.8. The molecule has 0 spiro atoms. The predicted octanol–water partition coefficient (Wildman–Crippen LogP) is 6.99. The van der Waals surface area contributed by atoms with Crippen LogP contribution in [-0.4, -0.2) is 0 Å². The van der Waals surface area contributed by atoms with Crippen molar-refractivity contribution in [1.82, 2.24) is 0 Å². The van der Waals surface area contributed by atoms with E-state index in [0.717, 1.165) is 23.3 Å². The molecule has 0 aromatic rings. The summed E-state index contributed by atoms with van der Waals surface area (Å²) in [6.07, 6.45) is 12.4. The molecule has 0 saturated heterocycles. The fraction of sp³-hybridized carbons (Fsp3) is 0.727. The normalized spacial score (nSPS) is 45.0. The minimum atomic E-state index is -0.0368. The number of hydrogen-bond acceptors (Lipinski definition) is 0. The van der Waals surface area contributed by atoms with Crippen LogP contribution in [0.5, 0.6) is 0 Å². The van der Waals surface area contributed by atoms with Crippen LogP contribution in [0.15, 0.2) is 34.7 Å². The van der Waals surface area contributed by atoms with E-state index in [4.69, 9.17) is 0 Å². The Morgan fingerprint density at radius 1 is 1.17 bits per heavy atom. The van der Waals surface area contributed by atoms with Gasteiger partial charge in [-0.25, -0.2) is 4.39 Å². The van der Waals surface area contributed by atoms with E-state index in [1.54, 1.807) is 6.92 Å². The van der Waals surface area contributed by atoms with E-state index in [1.807, 2.05) is 6.92 Å². The summed E-state index contributed by atoms with van der Waals surface area (Å²) in [6.45, 7) is 10.7. The second-order valence-corrected chi connectivity index (χ2v) is 8.57. The summed E-state index contributed by atoms with van der Waals surface area (Å²) < 4.78 is 13.6. The van der Waals surface area contributed by atoms with Crippen molar-refractivity contribution in [2.45, 2.75) is 73.1 Å². The molecular weight excluding hydrogens is 283 g/mol. The molecule has 23 heavy (non-hydrogen) atoms. The zero-order valence-corrected chi connectivity index (χ0v) is 15.6. The Labute approximate surface area is 141 Å². The van der Waals surface area contributed by atoms with E-state index in [1.165, 1.54) is 49.7 Å². The van der Waals surface area contributed by atoms with Gasteiger partial charge in [-0.2, -0.15) is 0 Å². The topological polar surface area (TPSA) is 0 Å². The van der Waals surface area contributed by atoms with Crippen LogP contribution in [0.3, 0.4) is 0 Å². The average Bonchev–Trinajstić information content (AvgIpc) is 2.83. The summed E-state index contributed by atoms with van der Waals surface area (Å²) in [5.41, 5.74) is 4.30. The summed E-state index contributed by atoms with van der Waals surface area (Å²) in [6, 6.07) is 0. The Morgan fingerprint density at radius 2 is 1.91 bits per heavy atom. The second-order valence-electron chi connectivity index (χ2n) is 8.57. The van der Waals surface area contributed by atoms with Gasteiger partial charge in [0.15, 0.2) is 0 Å². The highest BCUT2D eigenvalue weighted by Gasteiger charge is 2.53. The molecule has 3 rings (SSSR count). The second kappa shape index (κ2) is 6.22. The third kappa shape index (κ3) is 2.75. The van der Waals surface area contributed by atoms with Gasteiger partial charge in [-0.15, -0.1) is 0 Å². The Kier molecular flexibility index (Phi) is 4.60. The lowest BCUT2D eigenvalue weighted by atomic mass is 9.53. The fourth-order valence-corrected chi connectivity index (χ4v) is 5.89. The Balaban J connectivity index is 1.97. The molecule has 0 heterocycles. The van der Waals surface area contributed by atoms with E-state index in [9.17, 15) is 4.39 Å². The van der Waals surface area contributed by atoms with Gasteiger partial charge >= 0.3 is 0 Å². The van der Waals surface area contributed by atoms with E-state index in [0.29, 0.717) is 11.3 Å². The summed E-state index contributed by atoms with van der Waals surface area (Å²) >= 11 is 0. The lowest BCUT2D eigenvalue weighted by Crippen LogP contribution is -2.43. The van der Waals surface area contributed by atoms with Crippen molar-refractivity contribution >= 4 is 0 Å². The minimum Gasteiger partial charge on any atom is -0.212 e. The fourth-order valence-electron chi connectivity index (χ4n) is 5.89. The molecule has 0 aromatic heterocycles. The van der Waals surface area contributed by atoms with Crippen LogP contribution >= 0.6 is 0 Å². The molecule has 3 aliphatic carbocycles. The van der Waals surface area contributed by atoms with Crippen molar-refractivity contribution in [3.8, 4) is 0 Å². The molecule has 0 N–H and O–H groups in total. The molecule has 0 aromatic carbocycles. The molecular formula is C22H33F. The maximum atomic E-state index is 13.6. The Hall–Kier alpha value is -0.850.